The van der Waals surface area contributed by atoms with Crippen molar-refractivity contribution < 1.29 is 23.9 Å². The molecule has 0 radical (unpaired) electrons. The summed E-state index contributed by atoms with van der Waals surface area (Å²) in [6, 6.07) is 0. The first-order valence-corrected chi connectivity index (χ1v) is 15.6. The Morgan fingerprint density at radius 3 is 2.52 bits per heavy atom. The van der Waals surface area contributed by atoms with Gasteiger partial charge in [-0.15, -0.1) is 0 Å². The third kappa shape index (κ3) is 10.3. The highest BCUT2D eigenvalue weighted by molar-refractivity contribution is 6.74. The van der Waals surface area contributed by atoms with E-state index in [4.69, 9.17) is 4.43 Å². The summed E-state index contributed by atoms with van der Waals surface area (Å²) in [7, 11) is -0.623. The quantitative estimate of drug-likeness (QED) is 0.135. The van der Waals surface area contributed by atoms with Crippen LogP contribution in [0.3, 0.4) is 0 Å². The molecule has 0 aromatic carbocycles. The minimum Gasteiger partial charge on any atom is -0.469 e. The molecule has 0 aliphatic heterocycles. The summed E-state index contributed by atoms with van der Waals surface area (Å²) in [6.45, 7) is 13.3. The standard InChI is InChI=1S/C27H48O5Si/c1-8-9-12-15-21(28)18-19-23-22(16-13-10-11-14-17-26(30)31-5)24(29)20-25(23)32-33(6,7)27(2,3)4/h10,13,18-19,21-23,25,28H,8-9,11-12,14-17,20H2,1-7H3/b13-10-,19-18+/t21?,22-,23-,25?/m1/s1. The number of carbonyl (C=O) groups excluding carboxylic acids is 2. The molecule has 190 valence electrons. The van der Waals surface area contributed by atoms with Crippen LogP contribution in [0.4, 0.5) is 0 Å². The topological polar surface area (TPSA) is 72.8 Å². The number of carbonyl (C=O) groups is 2. The number of hydrogen-bond donors (Lipinski definition) is 1. The Kier molecular flexibility index (Phi) is 12.8. The summed E-state index contributed by atoms with van der Waals surface area (Å²) in [5, 5.41) is 10.5. The highest BCUT2D eigenvalue weighted by atomic mass is 28.4. The van der Waals surface area contributed by atoms with Crippen LogP contribution in [-0.4, -0.2) is 44.5 Å². The molecule has 1 N–H and O–H groups in total. The Hall–Kier alpha value is -1.24. The SMILES string of the molecule is CCCCCC(O)/C=C/[C@H]1C(O[Si](C)(C)C(C)(C)C)CC(=O)[C@@H]1C/C=C\CCCC(=O)OC. The zero-order valence-corrected chi connectivity index (χ0v) is 23.1. The van der Waals surface area contributed by atoms with Gasteiger partial charge in [-0.2, -0.15) is 0 Å². The second kappa shape index (κ2) is 14.2. The van der Waals surface area contributed by atoms with Crippen LogP contribution in [0.25, 0.3) is 0 Å². The number of hydrogen-bond acceptors (Lipinski definition) is 5. The summed E-state index contributed by atoms with van der Waals surface area (Å²) >= 11 is 0. The fourth-order valence-electron chi connectivity index (χ4n) is 3.96. The zero-order valence-electron chi connectivity index (χ0n) is 22.1. The van der Waals surface area contributed by atoms with E-state index in [9.17, 15) is 14.7 Å². The normalized spacial score (nSPS) is 23.0. The first-order chi connectivity index (χ1) is 15.4. The van der Waals surface area contributed by atoms with Crippen LogP contribution < -0.4 is 0 Å². The number of methoxy groups -OCH3 is 1. The predicted octanol–water partition coefficient (Wildman–Crippen LogP) is 6.37. The van der Waals surface area contributed by atoms with Crippen LogP contribution in [0.1, 0.15) is 85.5 Å². The maximum atomic E-state index is 13.0. The van der Waals surface area contributed by atoms with E-state index >= 15 is 0 Å². The Morgan fingerprint density at radius 1 is 1.21 bits per heavy atom. The molecule has 1 saturated carbocycles. The van der Waals surface area contributed by atoms with Crippen molar-refractivity contribution in [3.05, 3.63) is 24.3 Å². The number of ketones is 1. The van der Waals surface area contributed by atoms with Gasteiger partial charge in [-0.05, 0) is 43.8 Å². The maximum absolute atomic E-state index is 13.0. The average molecular weight is 481 g/mol. The third-order valence-corrected chi connectivity index (χ3v) is 11.7. The smallest absolute Gasteiger partial charge is 0.305 e. The summed E-state index contributed by atoms with van der Waals surface area (Å²) in [5.41, 5.74) is 0. The van der Waals surface area contributed by atoms with Crippen LogP contribution >= 0.6 is 0 Å². The number of unbranched alkanes of at least 4 members (excludes halogenated alkanes) is 3. The molecule has 6 heteroatoms. The van der Waals surface area contributed by atoms with E-state index in [1.165, 1.54) is 7.11 Å². The molecule has 1 aliphatic rings. The first kappa shape index (κ1) is 29.8. The van der Waals surface area contributed by atoms with Gasteiger partial charge in [0.05, 0.1) is 19.3 Å². The minimum absolute atomic E-state index is 0.0211. The lowest BCUT2D eigenvalue weighted by Crippen LogP contribution is -2.45. The number of rotatable bonds is 14. The summed E-state index contributed by atoms with van der Waals surface area (Å²) in [5.74, 6) is -0.0985. The summed E-state index contributed by atoms with van der Waals surface area (Å²) < 4.78 is 11.4. The average Bonchev–Trinajstić information content (AvgIpc) is 3.01. The number of aliphatic hydroxyl groups is 1. The Labute approximate surface area is 203 Å². The van der Waals surface area contributed by atoms with Gasteiger partial charge in [-0.25, -0.2) is 0 Å². The molecule has 1 aliphatic carbocycles. The number of Topliss-reactive ketones (excluding diaryl/α,β-unsaturated/α-hetero) is 1. The zero-order chi connectivity index (χ0) is 25.1. The van der Waals surface area contributed by atoms with E-state index in [2.05, 4.69) is 63.8 Å². The van der Waals surface area contributed by atoms with Crippen molar-refractivity contribution >= 4 is 20.1 Å². The Bertz CT molecular complexity index is 662. The lowest BCUT2D eigenvalue weighted by Gasteiger charge is -2.39. The summed E-state index contributed by atoms with van der Waals surface area (Å²) in [4.78, 5) is 24.2. The number of esters is 1. The number of allylic oxidation sites excluding steroid dienone is 2. The van der Waals surface area contributed by atoms with Crippen molar-refractivity contribution in [1.82, 2.24) is 0 Å². The monoisotopic (exact) mass is 480 g/mol. The van der Waals surface area contributed by atoms with Crippen molar-refractivity contribution in [3.63, 3.8) is 0 Å². The van der Waals surface area contributed by atoms with Crippen LogP contribution in [0.2, 0.25) is 18.1 Å². The Morgan fingerprint density at radius 2 is 1.91 bits per heavy atom. The fraction of sp³-hybridized carbons (Fsp3) is 0.778. The van der Waals surface area contributed by atoms with Crippen LogP contribution in [0.5, 0.6) is 0 Å². The molecule has 4 atom stereocenters. The molecule has 33 heavy (non-hydrogen) atoms. The van der Waals surface area contributed by atoms with Crippen LogP contribution in [0, 0.1) is 11.8 Å². The molecule has 0 saturated heterocycles. The molecule has 5 nitrogen and oxygen atoms in total. The second-order valence-electron chi connectivity index (χ2n) is 10.9. The predicted molar refractivity (Wildman–Crippen MR) is 138 cm³/mol. The van der Waals surface area contributed by atoms with Gasteiger partial charge in [0.2, 0.25) is 0 Å². The maximum Gasteiger partial charge on any atom is 0.305 e. The van der Waals surface area contributed by atoms with Crippen LogP contribution in [0.15, 0.2) is 24.3 Å². The summed E-state index contributed by atoms with van der Waals surface area (Å²) in [6.07, 6.45) is 14.5. The molecule has 0 heterocycles. The largest absolute Gasteiger partial charge is 0.469 e. The Balaban J connectivity index is 2.88. The molecule has 0 spiro atoms. The van der Waals surface area contributed by atoms with Gasteiger partial charge in [0.15, 0.2) is 8.32 Å². The molecule has 0 amide bonds. The van der Waals surface area contributed by atoms with Gasteiger partial charge in [0, 0.05) is 24.7 Å². The molecule has 0 aromatic rings. The third-order valence-electron chi connectivity index (χ3n) is 7.16. The van der Waals surface area contributed by atoms with E-state index in [0.717, 1.165) is 38.5 Å². The lowest BCUT2D eigenvalue weighted by molar-refractivity contribution is -0.140. The van der Waals surface area contributed by atoms with Crippen molar-refractivity contribution in [1.29, 1.82) is 0 Å². The molecule has 0 aromatic heterocycles. The van der Waals surface area contributed by atoms with Gasteiger partial charge in [0.1, 0.15) is 5.78 Å². The van der Waals surface area contributed by atoms with E-state index in [0.29, 0.717) is 19.3 Å². The number of aliphatic hydroxyl groups excluding tert-OH is 1. The van der Waals surface area contributed by atoms with Gasteiger partial charge < -0.3 is 14.3 Å². The molecule has 2 unspecified atom stereocenters. The van der Waals surface area contributed by atoms with Crippen molar-refractivity contribution in [2.75, 3.05) is 7.11 Å². The van der Waals surface area contributed by atoms with Gasteiger partial charge >= 0.3 is 5.97 Å². The van der Waals surface area contributed by atoms with Crippen molar-refractivity contribution in [2.24, 2.45) is 11.8 Å². The fourth-order valence-corrected chi connectivity index (χ4v) is 5.32. The molecular weight excluding hydrogens is 432 g/mol. The highest BCUT2D eigenvalue weighted by Gasteiger charge is 2.46. The van der Waals surface area contributed by atoms with Crippen LogP contribution in [-0.2, 0) is 18.8 Å². The molecular formula is C27H48O5Si. The van der Waals surface area contributed by atoms with Crippen molar-refractivity contribution in [2.45, 2.75) is 116 Å². The van der Waals surface area contributed by atoms with Gasteiger partial charge in [-0.1, -0.05) is 71.3 Å². The highest BCUT2D eigenvalue weighted by Crippen LogP contribution is 2.42. The van der Waals surface area contributed by atoms with Gasteiger partial charge in [-0.3, -0.25) is 9.59 Å². The first-order valence-electron chi connectivity index (χ1n) is 12.7. The van der Waals surface area contributed by atoms with Gasteiger partial charge in [0.25, 0.3) is 0 Å². The second-order valence-corrected chi connectivity index (χ2v) is 15.7. The molecule has 0 bridgehead atoms. The van der Waals surface area contributed by atoms with E-state index in [-0.39, 0.29) is 34.7 Å². The van der Waals surface area contributed by atoms with E-state index in [1.807, 2.05) is 6.08 Å². The van der Waals surface area contributed by atoms with E-state index in [1.54, 1.807) is 0 Å². The molecule has 1 fully saturated rings. The van der Waals surface area contributed by atoms with E-state index < -0.39 is 14.4 Å². The molecule has 1 rings (SSSR count). The number of ether oxygens (including phenoxy) is 1. The minimum atomic E-state index is -2.03. The lowest BCUT2D eigenvalue weighted by atomic mass is 9.90. The van der Waals surface area contributed by atoms with Crippen molar-refractivity contribution in [3.8, 4) is 0 Å².